The number of aromatic nitrogens is 9. The van der Waals surface area contributed by atoms with Crippen molar-refractivity contribution in [1.82, 2.24) is 44.7 Å². The highest BCUT2D eigenvalue weighted by Gasteiger charge is 2.51. The lowest BCUT2D eigenvalue weighted by Gasteiger charge is -2.32. The maximum Gasteiger partial charge on any atom is 0.494 e. The summed E-state index contributed by atoms with van der Waals surface area (Å²) < 4.78 is 17.2. The van der Waals surface area contributed by atoms with Crippen LogP contribution in [0.3, 0.4) is 0 Å². The van der Waals surface area contributed by atoms with Gasteiger partial charge in [0.25, 0.3) is 0 Å². The van der Waals surface area contributed by atoms with E-state index in [9.17, 15) is 0 Å². The average molecular weight is 1320 g/mol. The Bertz CT molecular complexity index is 5360. The number of halogens is 1. The second-order valence-corrected chi connectivity index (χ2v) is 25.4. The summed E-state index contributed by atoms with van der Waals surface area (Å²) in [7, 11) is 3.57. The van der Waals surface area contributed by atoms with Crippen LogP contribution in [0.25, 0.3) is 124 Å². The van der Waals surface area contributed by atoms with E-state index in [1.807, 2.05) is 151 Å². The molecule has 1 aliphatic rings. The molecular weight excluding hydrogens is 1250 g/mol. The summed E-state index contributed by atoms with van der Waals surface area (Å²) in [6.45, 7) is 8.29. The molecule has 0 bridgehead atoms. The van der Waals surface area contributed by atoms with Crippen molar-refractivity contribution in [3.63, 3.8) is 0 Å². The molecule has 6 aromatic heterocycles. The molecule has 1 aliphatic heterocycles. The Kier molecular flexibility index (Phi) is 18.1. The molecule has 0 radical (unpaired) electrons. The number of hydrogen-bond donors (Lipinski definition) is 4. The first-order valence-corrected chi connectivity index (χ1v) is 32.3. The van der Waals surface area contributed by atoms with Crippen LogP contribution < -0.4 is 22.7 Å². The van der Waals surface area contributed by atoms with Crippen LogP contribution >= 0.6 is 15.9 Å². The largest absolute Gasteiger partial charge is 0.494 e. The highest BCUT2D eigenvalue weighted by Crippen LogP contribution is 2.38. The molecule has 1 fully saturated rings. The van der Waals surface area contributed by atoms with E-state index < -0.39 is 0 Å². The highest BCUT2D eigenvalue weighted by atomic mass is 79.9. The van der Waals surface area contributed by atoms with Crippen molar-refractivity contribution in [3.8, 4) is 22.3 Å². The summed E-state index contributed by atoms with van der Waals surface area (Å²) in [6.07, 6.45) is 23.4. The van der Waals surface area contributed by atoms with Gasteiger partial charge in [0.1, 0.15) is 0 Å². The normalized spacial score (nSPS) is 13.4. The van der Waals surface area contributed by atoms with Gasteiger partial charge in [0.2, 0.25) is 0 Å². The van der Waals surface area contributed by atoms with Gasteiger partial charge in [-0.1, -0.05) is 170 Å². The maximum atomic E-state index is 6.21. The molecule has 15 aromatic rings. The molecule has 0 aliphatic carbocycles. The minimum atomic E-state index is -0.370. The number of nitrogens with one attached hydrogen (secondary N) is 1. The lowest BCUT2D eigenvalue weighted by Crippen LogP contribution is -2.41. The van der Waals surface area contributed by atoms with E-state index in [0.29, 0.717) is 0 Å². The maximum absolute atomic E-state index is 6.21. The SMILES string of the molecule is Cn1nc(/C=C/c2ccccc2)c2cc(-c3cncc4c(N)cccc34)ccc21.Cn1nc(/C=C/c2ccccc2)c2cc(B3OC(C)(C)C(C)(C)O3)ccc21.Nc1cccc2c(-c3ccc4[nH]nc(/C=C/c5ccccc5)c4c3)cncc12.Nc1cccc2c(Br)cncc12. The number of aromatic amines is 1. The van der Waals surface area contributed by atoms with Gasteiger partial charge in [0.05, 0.1) is 44.8 Å². The lowest BCUT2D eigenvalue weighted by atomic mass is 9.78. The fraction of sp³-hybridized carbons (Fsp3) is 0.100. The van der Waals surface area contributed by atoms with Crippen molar-refractivity contribution in [2.45, 2.75) is 38.9 Å². The number of H-pyrrole nitrogens is 1. The molecule has 0 atom stereocenters. The molecule has 472 valence electrons. The fourth-order valence-electron chi connectivity index (χ4n) is 11.8. The number of nitrogens with two attached hydrogens (primary N) is 3. The van der Waals surface area contributed by atoms with E-state index in [-0.39, 0.29) is 18.3 Å². The van der Waals surface area contributed by atoms with Crippen molar-refractivity contribution in [2.75, 3.05) is 17.2 Å². The molecule has 9 aromatic carbocycles. The number of hydrogen-bond acceptors (Lipinski definition) is 11. The Morgan fingerprint density at radius 1 is 0.406 bits per heavy atom. The quantitative estimate of drug-likeness (QED) is 0.0792. The minimum Gasteiger partial charge on any atom is -0.399 e. The van der Waals surface area contributed by atoms with Crippen LogP contribution in [0.1, 0.15) is 61.5 Å². The molecule has 16 heteroatoms. The first-order chi connectivity index (χ1) is 46.6. The third-order valence-corrected chi connectivity index (χ3v) is 18.3. The molecule has 7 N–H and O–H groups in total. The predicted molar refractivity (Wildman–Crippen MR) is 404 cm³/mol. The van der Waals surface area contributed by atoms with Crippen molar-refractivity contribution in [3.05, 3.63) is 276 Å². The Morgan fingerprint density at radius 2 is 0.823 bits per heavy atom. The first kappa shape index (κ1) is 63.5. The van der Waals surface area contributed by atoms with Crippen LogP contribution in [0.15, 0.2) is 242 Å². The van der Waals surface area contributed by atoms with E-state index >= 15 is 0 Å². The number of rotatable bonds is 9. The van der Waals surface area contributed by atoms with Gasteiger partial charge in [0.15, 0.2) is 0 Å². The summed E-state index contributed by atoms with van der Waals surface area (Å²) in [4.78, 5) is 12.9. The van der Waals surface area contributed by atoms with E-state index in [0.717, 1.165) is 148 Å². The zero-order chi connectivity index (χ0) is 66.5. The van der Waals surface area contributed by atoms with E-state index in [1.54, 1.807) is 12.4 Å². The smallest absolute Gasteiger partial charge is 0.399 e. The third-order valence-electron chi connectivity index (χ3n) is 17.7. The molecule has 0 amide bonds. The van der Waals surface area contributed by atoms with E-state index in [1.165, 1.54) is 0 Å². The summed E-state index contributed by atoms with van der Waals surface area (Å²) in [5.41, 5.74) is 34.4. The van der Waals surface area contributed by atoms with Gasteiger partial charge in [-0.05, 0) is 154 Å². The van der Waals surface area contributed by atoms with E-state index in [2.05, 4.69) is 207 Å². The molecule has 0 unspecified atom stereocenters. The van der Waals surface area contributed by atoms with Gasteiger partial charge in [-0.15, -0.1) is 0 Å². The van der Waals surface area contributed by atoms with Gasteiger partial charge >= 0.3 is 7.12 Å². The Morgan fingerprint density at radius 3 is 1.31 bits per heavy atom. The van der Waals surface area contributed by atoms with Gasteiger partial charge in [0, 0.05) is 122 Å². The summed E-state index contributed by atoms with van der Waals surface area (Å²) in [6, 6.07) is 67.5. The molecule has 14 nitrogen and oxygen atoms in total. The number of pyridine rings is 3. The molecule has 1 saturated heterocycles. The standard InChI is InChI=1S/C25H20N4.C24H18N4.C22H25BN2O2.C9H7BrN2/c1-29-25-13-11-18(21-15-27-16-22-19(21)8-5-9-23(22)26)14-20(25)24(28-29)12-10-17-6-3-2-4-7-17;25-22-8-4-7-18-20(14-26-15-21(18)22)17-10-12-24-19(13-17)23(27-28-24)11-9-16-5-2-1-3-6-16;1-21(2)22(3,4)27-23(26-21)17-12-14-20-18(15-17)19(24-25(20)5)13-11-16-9-7-6-8-10-16;10-8-5-12-4-7-6(8)2-1-3-9(7)11/h2-16H,26H2,1H3;1-15H,25H2,(H,27,28);6-15H,1-5H3;1-5H,11H2/b12-10+;11-9+;13-11+;. The second-order valence-electron chi connectivity index (χ2n) is 24.5. The van der Waals surface area contributed by atoms with Crippen LogP contribution in [0.2, 0.25) is 0 Å². The molecule has 0 saturated carbocycles. The van der Waals surface area contributed by atoms with Gasteiger partial charge in [-0.3, -0.25) is 29.4 Å². The Labute approximate surface area is 565 Å². The topological polar surface area (TPSA) is 200 Å². The molecule has 7 heterocycles. The third kappa shape index (κ3) is 13.4. The zero-order valence-electron chi connectivity index (χ0n) is 54.1. The Hall–Kier alpha value is -11.3. The van der Waals surface area contributed by atoms with E-state index in [4.69, 9.17) is 31.6 Å². The number of nitrogens with zero attached hydrogens (tertiary/aromatic N) is 8. The predicted octanol–water partition coefficient (Wildman–Crippen LogP) is 17.7. The number of nitrogen functional groups attached to an aromatic ring is 3. The van der Waals surface area contributed by atoms with Crippen LogP contribution in [0, 0.1) is 0 Å². The molecule has 0 spiro atoms. The summed E-state index contributed by atoms with van der Waals surface area (Å²) in [5, 5.41) is 26.5. The average Bonchev–Trinajstić information content (AvgIpc) is 1.58. The molecular formula is C80H70BBrN12O2. The molecule has 16 rings (SSSR count). The fourth-order valence-corrected chi connectivity index (χ4v) is 12.2. The van der Waals surface area contributed by atoms with Crippen molar-refractivity contribution < 1.29 is 9.31 Å². The Balaban J connectivity index is 0.000000120. The lowest BCUT2D eigenvalue weighted by molar-refractivity contribution is 0.00578. The van der Waals surface area contributed by atoms with Gasteiger partial charge < -0.3 is 26.5 Å². The zero-order valence-corrected chi connectivity index (χ0v) is 55.6. The van der Waals surface area contributed by atoms with Gasteiger partial charge in [-0.25, -0.2) is 0 Å². The molecule has 96 heavy (non-hydrogen) atoms. The van der Waals surface area contributed by atoms with Crippen LogP contribution in [-0.2, 0) is 23.4 Å². The summed E-state index contributed by atoms with van der Waals surface area (Å²) in [5.74, 6) is 0. The van der Waals surface area contributed by atoms with Gasteiger partial charge in [-0.2, -0.15) is 15.3 Å². The minimum absolute atomic E-state index is 0.350. The van der Waals surface area contributed by atoms with Crippen molar-refractivity contribution >= 4 is 147 Å². The monoisotopic (exact) mass is 1320 g/mol. The first-order valence-electron chi connectivity index (χ1n) is 31.6. The van der Waals surface area contributed by atoms with Crippen LogP contribution in [0.5, 0.6) is 0 Å². The number of aryl methyl sites for hydroxylation is 2. The number of anilines is 3. The number of benzene rings is 9. The summed E-state index contributed by atoms with van der Waals surface area (Å²) >= 11 is 3.41. The highest BCUT2D eigenvalue weighted by molar-refractivity contribution is 9.10. The van der Waals surface area contributed by atoms with Crippen molar-refractivity contribution in [2.24, 2.45) is 14.1 Å². The van der Waals surface area contributed by atoms with Crippen LogP contribution in [-0.4, -0.2) is 63.0 Å². The van der Waals surface area contributed by atoms with Crippen molar-refractivity contribution in [1.29, 1.82) is 0 Å². The van der Waals surface area contributed by atoms with Crippen LogP contribution in [0.4, 0.5) is 17.1 Å². The number of fused-ring (bicyclic) bond motifs is 6. The second kappa shape index (κ2) is 27.3.